The summed E-state index contributed by atoms with van der Waals surface area (Å²) in [6.07, 6.45) is 4.26. The van der Waals surface area contributed by atoms with Crippen LogP contribution in [0.1, 0.15) is 55.7 Å². The lowest BCUT2D eigenvalue weighted by Crippen LogP contribution is -2.29. The summed E-state index contributed by atoms with van der Waals surface area (Å²) < 4.78 is 6.53. The van der Waals surface area contributed by atoms with Crippen LogP contribution >= 0.6 is 0 Å². The molecule has 12 nitrogen and oxygen atoms in total. The van der Waals surface area contributed by atoms with E-state index in [1.165, 1.54) is 28.9 Å². The minimum atomic E-state index is -0.453. The summed E-state index contributed by atoms with van der Waals surface area (Å²) in [5, 5.41) is 12.7. The second kappa shape index (κ2) is 9.63. The highest BCUT2D eigenvalue weighted by Gasteiger charge is 2.27. The molecule has 1 aliphatic carbocycles. The van der Waals surface area contributed by atoms with E-state index in [-0.39, 0.29) is 29.9 Å². The zero-order chi connectivity index (χ0) is 27.1. The lowest BCUT2D eigenvalue weighted by Gasteiger charge is -2.15. The highest BCUT2D eigenvalue weighted by Crippen LogP contribution is 2.37. The zero-order valence-corrected chi connectivity index (χ0v) is 21.2. The smallest absolute Gasteiger partial charge is 0.408 e. The van der Waals surface area contributed by atoms with Gasteiger partial charge in [0, 0.05) is 25.2 Å². The molecule has 3 heterocycles. The Bertz CT molecular complexity index is 1790. The van der Waals surface area contributed by atoms with Crippen LogP contribution in [0, 0.1) is 6.92 Å². The minimum Gasteiger partial charge on any atom is -0.408 e. The van der Waals surface area contributed by atoms with Crippen molar-refractivity contribution in [2.75, 3.05) is 0 Å². The first-order valence-electron chi connectivity index (χ1n) is 12.4. The van der Waals surface area contributed by atoms with E-state index < -0.39 is 11.7 Å². The Kier molecular flexibility index (Phi) is 5.98. The quantitative estimate of drug-likeness (QED) is 0.305. The Morgan fingerprint density at radius 1 is 1.08 bits per heavy atom. The standard InChI is InChI=1S/C27H24N8O4/c1-14-16-6-7-19(18(16)5-4-17(14)24-31-13-32-34-24)33-26(37)21-10-20(29-12-30-21)25(36)28-11-15-3-8-23-22(9-15)35(2)27(38)39-23/h3-5,8-10,12-13,19H,6-7,11H2,1-2H3,(H,28,36)(H,33,37)(H,31,32,34)/t19-/m0/s1. The first kappa shape index (κ1) is 24.2. The molecule has 0 spiro atoms. The van der Waals surface area contributed by atoms with Gasteiger partial charge < -0.3 is 15.1 Å². The lowest BCUT2D eigenvalue weighted by molar-refractivity contribution is 0.0931. The molecule has 12 heteroatoms. The number of fused-ring (bicyclic) bond motifs is 2. The summed E-state index contributed by atoms with van der Waals surface area (Å²) in [5.41, 5.74) is 6.40. The molecule has 3 aromatic heterocycles. The second-order valence-electron chi connectivity index (χ2n) is 9.40. The predicted octanol–water partition coefficient (Wildman–Crippen LogP) is 2.36. The van der Waals surface area contributed by atoms with Crippen LogP contribution in [0.2, 0.25) is 0 Å². The summed E-state index contributed by atoms with van der Waals surface area (Å²) in [4.78, 5) is 49.9. The van der Waals surface area contributed by atoms with Gasteiger partial charge in [0.15, 0.2) is 11.4 Å². The Morgan fingerprint density at radius 2 is 1.90 bits per heavy atom. The average molecular weight is 525 g/mol. The molecular formula is C27H24N8O4. The number of hydrogen-bond acceptors (Lipinski definition) is 8. The van der Waals surface area contributed by atoms with Crippen LogP contribution < -0.4 is 16.4 Å². The van der Waals surface area contributed by atoms with Crippen molar-refractivity contribution in [1.29, 1.82) is 0 Å². The number of oxazole rings is 1. The first-order valence-corrected chi connectivity index (χ1v) is 12.4. The van der Waals surface area contributed by atoms with E-state index in [0.29, 0.717) is 16.9 Å². The molecule has 0 saturated heterocycles. The van der Waals surface area contributed by atoms with E-state index in [9.17, 15) is 14.4 Å². The van der Waals surface area contributed by atoms with Gasteiger partial charge in [-0.3, -0.25) is 19.3 Å². The number of carbonyl (C=O) groups excluding carboxylic acids is 2. The van der Waals surface area contributed by atoms with Gasteiger partial charge in [-0.25, -0.2) is 19.7 Å². The summed E-state index contributed by atoms with van der Waals surface area (Å²) in [6, 6.07) is 10.4. The van der Waals surface area contributed by atoms with Gasteiger partial charge in [-0.2, -0.15) is 5.10 Å². The third-order valence-electron chi connectivity index (χ3n) is 7.11. The highest BCUT2D eigenvalue weighted by molar-refractivity contribution is 5.97. The molecule has 1 aliphatic rings. The molecule has 196 valence electrons. The Balaban J connectivity index is 1.13. The molecule has 3 N–H and O–H groups in total. The van der Waals surface area contributed by atoms with Gasteiger partial charge >= 0.3 is 5.76 Å². The van der Waals surface area contributed by atoms with Crippen molar-refractivity contribution in [2.45, 2.75) is 32.4 Å². The van der Waals surface area contributed by atoms with Gasteiger partial charge in [0.25, 0.3) is 11.8 Å². The van der Waals surface area contributed by atoms with Crippen molar-refractivity contribution < 1.29 is 14.0 Å². The third-order valence-corrected chi connectivity index (χ3v) is 7.11. The van der Waals surface area contributed by atoms with Crippen LogP contribution in [-0.4, -0.2) is 41.5 Å². The maximum absolute atomic E-state index is 13.1. The second-order valence-corrected chi connectivity index (χ2v) is 9.40. The van der Waals surface area contributed by atoms with Crippen LogP contribution in [0.4, 0.5) is 0 Å². The van der Waals surface area contributed by atoms with Gasteiger partial charge in [0.1, 0.15) is 24.0 Å². The van der Waals surface area contributed by atoms with Gasteiger partial charge in [-0.05, 0) is 54.2 Å². The number of H-pyrrole nitrogens is 1. The summed E-state index contributed by atoms with van der Waals surface area (Å²) in [6.45, 7) is 2.25. The number of nitrogens with one attached hydrogen (secondary N) is 3. The number of aromatic amines is 1. The number of benzene rings is 2. The number of hydrogen-bond donors (Lipinski definition) is 3. The molecule has 1 atom stereocenters. The SMILES string of the molecule is Cc1c(-c2ncn[nH]2)ccc2c1CC[C@@H]2NC(=O)c1cc(C(=O)NCc2ccc3oc(=O)n(C)c3c2)ncn1. The molecule has 0 bridgehead atoms. The summed E-state index contributed by atoms with van der Waals surface area (Å²) in [7, 11) is 1.62. The van der Waals surface area contributed by atoms with Crippen molar-refractivity contribution in [3.8, 4) is 11.4 Å². The fourth-order valence-corrected chi connectivity index (χ4v) is 5.01. The van der Waals surface area contributed by atoms with Crippen molar-refractivity contribution >= 4 is 22.9 Å². The van der Waals surface area contributed by atoms with Gasteiger partial charge in [0.2, 0.25) is 0 Å². The number of aryl methyl sites for hydroxylation is 1. The van der Waals surface area contributed by atoms with Gasteiger partial charge in [-0.1, -0.05) is 18.2 Å². The third kappa shape index (κ3) is 4.45. The number of amides is 2. The molecule has 5 aromatic rings. The Hall–Kier alpha value is -5.13. The molecule has 2 amide bonds. The predicted molar refractivity (Wildman–Crippen MR) is 140 cm³/mol. The topological polar surface area (TPSA) is 161 Å². The van der Waals surface area contributed by atoms with Crippen LogP contribution in [-0.2, 0) is 20.0 Å². The van der Waals surface area contributed by atoms with Gasteiger partial charge in [0.05, 0.1) is 11.6 Å². The highest BCUT2D eigenvalue weighted by atomic mass is 16.4. The molecule has 39 heavy (non-hydrogen) atoms. The molecule has 6 rings (SSSR count). The van der Waals surface area contributed by atoms with E-state index in [4.69, 9.17) is 4.42 Å². The maximum atomic E-state index is 13.1. The Labute approximate surface area is 221 Å². The van der Waals surface area contributed by atoms with Crippen LogP contribution in [0.25, 0.3) is 22.5 Å². The largest absolute Gasteiger partial charge is 0.419 e. The monoisotopic (exact) mass is 524 g/mol. The van der Waals surface area contributed by atoms with Crippen molar-refractivity contribution in [1.82, 2.24) is 40.3 Å². The van der Waals surface area contributed by atoms with E-state index >= 15 is 0 Å². The summed E-state index contributed by atoms with van der Waals surface area (Å²) >= 11 is 0. The average Bonchev–Trinajstić information content (AvgIpc) is 3.68. The van der Waals surface area contributed by atoms with Crippen molar-refractivity contribution in [3.05, 3.63) is 93.2 Å². The number of rotatable bonds is 6. The minimum absolute atomic E-state index is 0.0753. The normalized spacial score (nSPS) is 14.4. The fraction of sp³-hybridized carbons (Fsp3) is 0.222. The van der Waals surface area contributed by atoms with E-state index in [0.717, 1.165) is 35.1 Å². The van der Waals surface area contributed by atoms with E-state index in [1.807, 2.05) is 19.1 Å². The number of carbonyl (C=O) groups is 2. The van der Waals surface area contributed by atoms with Crippen molar-refractivity contribution in [2.24, 2.45) is 7.05 Å². The van der Waals surface area contributed by atoms with Gasteiger partial charge in [-0.15, -0.1) is 0 Å². The van der Waals surface area contributed by atoms with E-state index in [1.54, 1.807) is 25.2 Å². The Morgan fingerprint density at radius 3 is 2.69 bits per heavy atom. The lowest BCUT2D eigenvalue weighted by atomic mass is 9.97. The molecule has 0 aliphatic heterocycles. The van der Waals surface area contributed by atoms with Crippen LogP contribution in [0.15, 0.2) is 58.3 Å². The maximum Gasteiger partial charge on any atom is 0.419 e. The molecule has 0 unspecified atom stereocenters. The molecule has 2 aromatic carbocycles. The van der Waals surface area contributed by atoms with Crippen LogP contribution in [0.5, 0.6) is 0 Å². The van der Waals surface area contributed by atoms with E-state index in [2.05, 4.69) is 35.8 Å². The fourth-order valence-electron chi connectivity index (χ4n) is 5.01. The van der Waals surface area contributed by atoms with Crippen LogP contribution in [0.3, 0.4) is 0 Å². The molecular weight excluding hydrogens is 500 g/mol. The zero-order valence-electron chi connectivity index (χ0n) is 21.2. The molecule has 0 fully saturated rings. The van der Waals surface area contributed by atoms with Crippen molar-refractivity contribution in [3.63, 3.8) is 0 Å². The number of nitrogens with zero attached hydrogens (tertiary/aromatic N) is 5. The number of aromatic nitrogens is 6. The first-order chi connectivity index (χ1) is 18.9. The molecule has 0 radical (unpaired) electrons. The summed E-state index contributed by atoms with van der Waals surface area (Å²) in [5.74, 6) is -0.574. The molecule has 0 saturated carbocycles.